The van der Waals surface area contributed by atoms with Gasteiger partial charge in [0.15, 0.2) is 17.2 Å². The van der Waals surface area contributed by atoms with Crippen LogP contribution in [0.15, 0.2) is 40.3 Å². The van der Waals surface area contributed by atoms with Gasteiger partial charge in [-0.15, -0.1) is 0 Å². The van der Waals surface area contributed by atoms with Crippen LogP contribution in [-0.4, -0.2) is 29.9 Å². The molecule has 7 heteroatoms. The average Bonchev–Trinajstić information content (AvgIpc) is 2.71. The fourth-order valence-electron chi connectivity index (χ4n) is 3.20. The Bertz CT molecular complexity index is 1090. The van der Waals surface area contributed by atoms with Gasteiger partial charge in [0.2, 0.25) is 5.43 Å². The van der Waals surface area contributed by atoms with E-state index in [1.54, 1.807) is 24.0 Å². The van der Waals surface area contributed by atoms with Crippen LogP contribution >= 0.6 is 11.8 Å². The number of aromatic nitrogens is 2. The van der Waals surface area contributed by atoms with Gasteiger partial charge in [-0.05, 0) is 24.1 Å². The number of hydrogen-bond acceptors (Lipinski definition) is 6. The van der Waals surface area contributed by atoms with Crippen LogP contribution < -0.4 is 19.6 Å². The van der Waals surface area contributed by atoms with Crippen molar-refractivity contribution in [2.75, 3.05) is 20.3 Å². The molecule has 0 unspecified atom stereocenters. The van der Waals surface area contributed by atoms with Crippen LogP contribution in [0.5, 0.6) is 17.2 Å². The third kappa shape index (κ3) is 3.54. The van der Waals surface area contributed by atoms with E-state index in [0.717, 1.165) is 39.5 Å². The van der Waals surface area contributed by atoms with Gasteiger partial charge in [0.25, 0.3) is 0 Å². The number of aryl methyl sites for hydroxylation is 2. The van der Waals surface area contributed by atoms with Gasteiger partial charge in [0.1, 0.15) is 18.2 Å². The van der Waals surface area contributed by atoms with Gasteiger partial charge >= 0.3 is 0 Å². The molecule has 3 aromatic rings. The smallest absolute Gasteiger partial charge is 0.223 e. The lowest BCUT2D eigenvalue weighted by molar-refractivity contribution is 0.172. The summed E-state index contributed by atoms with van der Waals surface area (Å²) in [5, 5.41) is 2.01. The van der Waals surface area contributed by atoms with Crippen LogP contribution in [0, 0.1) is 0 Å². The highest BCUT2D eigenvalue weighted by molar-refractivity contribution is 7.98. The van der Waals surface area contributed by atoms with E-state index in [2.05, 4.69) is 13.0 Å². The fourth-order valence-corrected chi connectivity index (χ4v) is 4.32. The van der Waals surface area contributed by atoms with E-state index in [-0.39, 0.29) is 5.43 Å². The number of pyridine rings is 2. The van der Waals surface area contributed by atoms with Gasteiger partial charge in [-0.1, -0.05) is 18.7 Å². The van der Waals surface area contributed by atoms with Crippen LogP contribution in [0.2, 0.25) is 0 Å². The van der Waals surface area contributed by atoms with Crippen LogP contribution in [0.3, 0.4) is 0 Å². The summed E-state index contributed by atoms with van der Waals surface area (Å²) in [6, 6.07) is 7.73. The minimum Gasteiger partial charge on any atom is -0.491 e. The van der Waals surface area contributed by atoms with Crippen molar-refractivity contribution in [1.29, 1.82) is 0 Å². The van der Waals surface area contributed by atoms with Gasteiger partial charge in [0.05, 0.1) is 12.6 Å². The van der Waals surface area contributed by atoms with Crippen molar-refractivity contribution in [3.8, 4) is 17.2 Å². The Hall–Kier alpha value is -2.67. The molecular formula is C21H22N2O4S. The molecule has 1 aliphatic rings. The Morgan fingerprint density at radius 3 is 2.64 bits per heavy atom. The van der Waals surface area contributed by atoms with Crippen LogP contribution in [0.1, 0.15) is 18.2 Å². The predicted octanol–water partition coefficient (Wildman–Crippen LogP) is 3.57. The molecule has 0 fully saturated rings. The summed E-state index contributed by atoms with van der Waals surface area (Å²) in [4.78, 5) is 17.0. The molecular weight excluding hydrogens is 376 g/mol. The first-order valence-electron chi connectivity index (χ1n) is 9.18. The molecule has 4 rings (SSSR count). The van der Waals surface area contributed by atoms with Gasteiger partial charge in [-0.2, -0.15) is 0 Å². The van der Waals surface area contributed by atoms with Gasteiger partial charge < -0.3 is 18.8 Å². The molecule has 0 amide bonds. The third-order valence-corrected chi connectivity index (χ3v) is 5.85. The van der Waals surface area contributed by atoms with Crippen molar-refractivity contribution in [3.05, 3.63) is 51.9 Å². The van der Waals surface area contributed by atoms with E-state index in [4.69, 9.17) is 19.2 Å². The zero-order chi connectivity index (χ0) is 19.7. The maximum atomic E-state index is 12.1. The Labute approximate surface area is 167 Å². The molecule has 2 aromatic heterocycles. The van der Waals surface area contributed by atoms with Crippen molar-refractivity contribution in [3.63, 3.8) is 0 Å². The third-order valence-electron chi connectivity index (χ3n) is 4.78. The number of ether oxygens (including phenoxy) is 3. The van der Waals surface area contributed by atoms with E-state index in [1.165, 1.54) is 12.7 Å². The molecule has 0 N–H and O–H groups in total. The summed E-state index contributed by atoms with van der Waals surface area (Å²) in [5.74, 6) is 2.51. The normalized spacial score (nSPS) is 13.0. The predicted molar refractivity (Wildman–Crippen MR) is 110 cm³/mol. The van der Waals surface area contributed by atoms with Crippen molar-refractivity contribution in [1.82, 2.24) is 9.55 Å². The lowest BCUT2D eigenvalue weighted by atomic mass is 10.1. The number of hydrogen-bond donors (Lipinski definition) is 0. The zero-order valence-electron chi connectivity index (χ0n) is 16.2. The number of benzene rings is 1. The highest BCUT2D eigenvalue weighted by Gasteiger charge is 2.15. The maximum absolute atomic E-state index is 12.1. The van der Waals surface area contributed by atoms with Gasteiger partial charge in [-0.3, -0.25) is 4.79 Å². The molecule has 146 valence electrons. The first-order valence-corrected chi connectivity index (χ1v) is 10.2. The van der Waals surface area contributed by atoms with E-state index < -0.39 is 0 Å². The van der Waals surface area contributed by atoms with Crippen molar-refractivity contribution >= 4 is 22.7 Å². The quantitative estimate of drug-likeness (QED) is 0.613. The molecule has 0 saturated heterocycles. The minimum atomic E-state index is -0.109. The Morgan fingerprint density at radius 2 is 1.93 bits per heavy atom. The number of thioether (sulfide) groups is 1. The topological polar surface area (TPSA) is 62.6 Å². The van der Waals surface area contributed by atoms with E-state index >= 15 is 0 Å². The molecule has 0 saturated carbocycles. The summed E-state index contributed by atoms with van der Waals surface area (Å²) in [7, 11) is 3.42. The fraction of sp³-hybridized carbons (Fsp3) is 0.333. The molecule has 0 aliphatic carbocycles. The second-order valence-electron chi connectivity index (χ2n) is 6.59. The average molecular weight is 398 g/mol. The van der Waals surface area contributed by atoms with Crippen molar-refractivity contribution in [2.45, 2.75) is 24.1 Å². The molecule has 1 aromatic carbocycles. The molecule has 6 nitrogen and oxygen atoms in total. The Morgan fingerprint density at radius 1 is 1.18 bits per heavy atom. The molecule has 0 bridgehead atoms. The first kappa shape index (κ1) is 18.7. The number of rotatable bonds is 5. The maximum Gasteiger partial charge on any atom is 0.223 e. The molecule has 0 radical (unpaired) electrons. The Balaban J connectivity index is 1.66. The second-order valence-corrected chi connectivity index (χ2v) is 7.56. The van der Waals surface area contributed by atoms with E-state index in [0.29, 0.717) is 24.7 Å². The van der Waals surface area contributed by atoms with Gasteiger partial charge in [-0.25, -0.2) is 4.98 Å². The number of nitrogens with zero attached hydrogens (tertiary/aromatic N) is 2. The standard InChI is InChI=1S/C21H22N2O4S/c1-4-13-7-14-8-18-19(27-6-5-26-18)10-16(14)22-21(13)28-12-15-9-17(24)20(25-3)11-23(15)2/h7-11H,4-6,12H2,1-3H3. The molecule has 0 atom stereocenters. The highest BCUT2D eigenvalue weighted by atomic mass is 32.2. The lowest BCUT2D eigenvalue weighted by Crippen LogP contribution is -2.15. The number of fused-ring (bicyclic) bond motifs is 2. The number of methoxy groups -OCH3 is 1. The summed E-state index contributed by atoms with van der Waals surface area (Å²) >= 11 is 1.63. The summed E-state index contributed by atoms with van der Waals surface area (Å²) in [5.41, 5.74) is 2.87. The zero-order valence-corrected chi connectivity index (χ0v) is 17.0. The lowest BCUT2D eigenvalue weighted by Gasteiger charge is -2.19. The second kappa shape index (κ2) is 7.75. The molecule has 1 aliphatic heterocycles. The summed E-state index contributed by atoms with van der Waals surface area (Å²) in [6.45, 7) is 3.24. The van der Waals surface area contributed by atoms with Crippen molar-refractivity contribution < 1.29 is 14.2 Å². The summed E-state index contributed by atoms with van der Waals surface area (Å²) < 4.78 is 18.4. The molecule has 0 spiro atoms. The van der Waals surface area contributed by atoms with Crippen LogP contribution in [0.25, 0.3) is 10.9 Å². The van der Waals surface area contributed by atoms with Gasteiger partial charge in [0, 0.05) is 42.2 Å². The van der Waals surface area contributed by atoms with E-state index in [9.17, 15) is 4.79 Å². The van der Waals surface area contributed by atoms with Crippen LogP contribution in [-0.2, 0) is 19.2 Å². The minimum absolute atomic E-state index is 0.109. The first-order chi connectivity index (χ1) is 13.6. The Kier molecular flexibility index (Phi) is 5.17. The van der Waals surface area contributed by atoms with Crippen LogP contribution in [0.4, 0.5) is 0 Å². The monoisotopic (exact) mass is 398 g/mol. The molecule has 3 heterocycles. The SMILES string of the molecule is CCc1cc2cc3c(cc2nc1SCc1cc(=O)c(OC)cn1C)OCCO3. The summed E-state index contributed by atoms with van der Waals surface area (Å²) in [6.07, 6.45) is 2.59. The highest BCUT2D eigenvalue weighted by Crippen LogP contribution is 2.36. The van der Waals surface area contributed by atoms with Crippen molar-refractivity contribution in [2.24, 2.45) is 7.05 Å². The van der Waals surface area contributed by atoms with E-state index in [1.807, 2.05) is 23.7 Å². The largest absolute Gasteiger partial charge is 0.491 e. The molecule has 28 heavy (non-hydrogen) atoms.